The second-order valence-corrected chi connectivity index (χ2v) is 5.45. The van der Waals surface area contributed by atoms with Gasteiger partial charge in [0.2, 0.25) is 5.76 Å². The van der Waals surface area contributed by atoms with E-state index in [9.17, 15) is 9.59 Å². The van der Waals surface area contributed by atoms with Crippen molar-refractivity contribution in [3.05, 3.63) is 53.5 Å². The number of rotatable bonds is 5. The molecule has 3 aromatic rings. The summed E-state index contributed by atoms with van der Waals surface area (Å²) in [4.78, 5) is 27.4. The largest absolute Gasteiger partial charge is 0.467 e. The number of hydrogen-bond donors (Lipinski definition) is 2. The van der Waals surface area contributed by atoms with Crippen LogP contribution < -0.4 is 5.32 Å². The van der Waals surface area contributed by atoms with Gasteiger partial charge in [0.1, 0.15) is 6.04 Å². The molecule has 7 heteroatoms. The molecule has 124 valence electrons. The highest BCUT2D eigenvalue weighted by Gasteiger charge is 2.25. The number of carbonyl (C=O) groups excluding carboxylic acids is 2. The van der Waals surface area contributed by atoms with E-state index in [0.717, 1.165) is 16.5 Å². The van der Waals surface area contributed by atoms with Crippen LogP contribution in [0.5, 0.6) is 0 Å². The molecule has 3 rings (SSSR count). The van der Waals surface area contributed by atoms with E-state index in [0.29, 0.717) is 12.1 Å². The highest BCUT2D eigenvalue weighted by molar-refractivity contribution is 5.95. The molecule has 2 heterocycles. The fourth-order valence-corrected chi connectivity index (χ4v) is 2.56. The molecule has 1 amide bonds. The van der Waals surface area contributed by atoms with Crippen molar-refractivity contribution in [2.45, 2.75) is 19.4 Å². The van der Waals surface area contributed by atoms with E-state index in [4.69, 9.17) is 9.26 Å². The molecule has 0 aliphatic heterocycles. The van der Waals surface area contributed by atoms with E-state index in [1.54, 1.807) is 6.92 Å². The Hall–Kier alpha value is -3.09. The summed E-state index contributed by atoms with van der Waals surface area (Å²) >= 11 is 0. The first-order valence-electron chi connectivity index (χ1n) is 7.45. The molecule has 2 N–H and O–H groups in total. The summed E-state index contributed by atoms with van der Waals surface area (Å²) in [5.41, 5.74) is 2.47. The Morgan fingerprint density at radius 2 is 2.17 bits per heavy atom. The van der Waals surface area contributed by atoms with E-state index in [-0.39, 0.29) is 5.76 Å². The summed E-state index contributed by atoms with van der Waals surface area (Å²) in [6.45, 7) is 1.71. The van der Waals surface area contributed by atoms with Gasteiger partial charge in [-0.05, 0) is 18.6 Å². The number of methoxy groups -OCH3 is 1. The molecule has 1 atom stereocenters. The predicted octanol–water partition coefficient (Wildman–Crippen LogP) is 1.98. The van der Waals surface area contributed by atoms with Gasteiger partial charge >= 0.3 is 5.97 Å². The maximum Gasteiger partial charge on any atom is 0.328 e. The van der Waals surface area contributed by atoms with Crippen LogP contribution in [-0.4, -0.2) is 35.2 Å². The Kier molecular flexibility index (Phi) is 4.33. The lowest BCUT2D eigenvalue weighted by Gasteiger charge is -2.15. The molecule has 0 saturated heterocycles. The van der Waals surface area contributed by atoms with Crippen LogP contribution in [0.1, 0.15) is 21.8 Å². The molecule has 0 aliphatic carbocycles. The zero-order valence-corrected chi connectivity index (χ0v) is 13.3. The van der Waals surface area contributed by atoms with Crippen LogP contribution in [0.3, 0.4) is 0 Å². The maximum atomic E-state index is 12.2. The predicted molar refractivity (Wildman–Crippen MR) is 86.5 cm³/mol. The summed E-state index contributed by atoms with van der Waals surface area (Å²) in [6.07, 6.45) is 2.13. The van der Waals surface area contributed by atoms with Crippen molar-refractivity contribution in [3.8, 4) is 0 Å². The lowest BCUT2D eigenvalue weighted by atomic mass is 10.0. The standard InChI is InChI=1S/C17H17N3O4/c1-10-7-15(24-20-10)16(21)19-14(17(22)23-2)8-11-9-18-13-6-4-3-5-12(11)13/h3-7,9,14,18H,8H2,1-2H3,(H,19,21)/t14-/m0/s1. The normalized spacial score (nSPS) is 12.1. The van der Waals surface area contributed by atoms with Crippen LogP contribution >= 0.6 is 0 Å². The number of hydrogen-bond acceptors (Lipinski definition) is 5. The Morgan fingerprint density at radius 3 is 2.88 bits per heavy atom. The highest BCUT2D eigenvalue weighted by Crippen LogP contribution is 2.19. The van der Waals surface area contributed by atoms with Gasteiger partial charge in [0, 0.05) is 29.6 Å². The third-order valence-electron chi connectivity index (χ3n) is 3.74. The van der Waals surface area contributed by atoms with Crippen molar-refractivity contribution in [1.29, 1.82) is 0 Å². The van der Waals surface area contributed by atoms with Gasteiger partial charge < -0.3 is 19.6 Å². The number of ether oxygens (including phenoxy) is 1. The second kappa shape index (κ2) is 6.57. The van der Waals surface area contributed by atoms with Crippen molar-refractivity contribution in [2.24, 2.45) is 0 Å². The van der Waals surface area contributed by atoms with Crippen molar-refractivity contribution in [2.75, 3.05) is 7.11 Å². The zero-order chi connectivity index (χ0) is 17.1. The van der Waals surface area contributed by atoms with Gasteiger partial charge in [-0.2, -0.15) is 0 Å². The third-order valence-corrected chi connectivity index (χ3v) is 3.74. The number of aromatic nitrogens is 2. The van der Waals surface area contributed by atoms with Gasteiger partial charge in [0.15, 0.2) is 0 Å². The summed E-state index contributed by atoms with van der Waals surface area (Å²) in [5.74, 6) is -0.976. The molecule has 2 aromatic heterocycles. The molecule has 1 aromatic carbocycles. The van der Waals surface area contributed by atoms with Crippen LogP contribution in [0.15, 0.2) is 41.1 Å². The molecule has 0 unspecified atom stereocenters. The molecule has 0 saturated carbocycles. The summed E-state index contributed by atoms with van der Waals surface area (Å²) in [5, 5.41) is 7.31. The highest BCUT2D eigenvalue weighted by atomic mass is 16.5. The lowest BCUT2D eigenvalue weighted by molar-refractivity contribution is -0.142. The minimum Gasteiger partial charge on any atom is -0.467 e. The van der Waals surface area contributed by atoms with Crippen molar-refractivity contribution < 1.29 is 18.8 Å². The minimum absolute atomic E-state index is 0.0559. The van der Waals surface area contributed by atoms with Crippen LogP contribution in [0.2, 0.25) is 0 Å². The van der Waals surface area contributed by atoms with Crippen LogP contribution in [0.25, 0.3) is 10.9 Å². The molecule has 0 spiro atoms. The minimum atomic E-state index is -0.827. The number of H-pyrrole nitrogens is 1. The summed E-state index contributed by atoms with van der Waals surface area (Å²) in [6, 6.07) is 8.43. The number of aromatic amines is 1. The Labute approximate surface area is 138 Å². The lowest BCUT2D eigenvalue weighted by Crippen LogP contribution is -2.42. The molecule has 24 heavy (non-hydrogen) atoms. The number of aryl methyl sites for hydroxylation is 1. The molecular formula is C17H17N3O4. The molecule has 0 fully saturated rings. The number of fused-ring (bicyclic) bond motifs is 1. The molecule has 0 bridgehead atoms. The number of amides is 1. The van der Waals surface area contributed by atoms with E-state index >= 15 is 0 Å². The monoisotopic (exact) mass is 327 g/mol. The second-order valence-electron chi connectivity index (χ2n) is 5.45. The smallest absolute Gasteiger partial charge is 0.328 e. The van der Waals surface area contributed by atoms with Crippen LogP contribution in [0, 0.1) is 6.92 Å². The summed E-state index contributed by atoms with van der Waals surface area (Å²) < 4.78 is 9.73. The Balaban J connectivity index is 1.81. The number of nitrogens with one attached hydrogen (secondary N) is 2. The molecule has 0 radical (unpaired) electrons. The van der Waals surface area contributed by atoms with Gasteiger partial charge in [-0.1, -0.05) is 23.4 Å². The van der Waals surface area contributed by atoms with Crippen molar-refractivity contribution in [1.82, 2.24) is 15.5 Å². The van der Waals surface area contributed by atoms with Crippen LogP contribution in [0.4, 0.5) is 0 Å². The number of para-hydroxylation sites is 1. The average molecular weight is 327 g/mol. The topological polar surface area (TPSA) is 97.2 Å². The molecular weight excluding hydrogens is 310 g/mol. The molecule has 0 aliphatic rings. The van der Waals surface area contributed by atoms with Gasteiger partial charge in [-0.3, -0.25) is 4.79 Å². The quantitative estimate of drug-likeness (QED) is 0.698. The average Bonchev–Trinajstić information content (AvgIpc) is 3.20. The Morgan fingerprint density at radius 1 is 1.38 bits per heavy atom. The molecule has 7 nitrogen and oxygen atoms in total. The van der Waals surface area contributed by atoms with Crippen molar-refractivity contribution >= 4 is 22.8 Å². The maximum absolute atomic E-state index is 12.2. The van der Waals surface area contributed by atoms with Gasteiger partial charge in [-0.15, -0.1) is 0 Å². The first-order chi connectivity index (χ1) is 11.6. The van der Waals surface area contributed by atoms with Gasteiger partial charge in [-0.25, -0.2) is 4.79 Å². The summed E-state index contributed by atoms with van der Waals surface area (Å²) in [7, 11) is 1.29. The number of benzene rings is 1. The van der Waals surface area contributed by atoms with Crippen LogP contribution in [-0.2, 0) is 16.0 Å². The third kappa shape index (κ3) is 3.15. The number of carbonyl (C=O) groups is 2. The van der Waals surface area contributed by atoms with Crippen molar-refractivity contribution in [3.63, 3.8) is 0 Å². The Bertz CT molecular complexity index is 881. The van der Waals surface area contributed by atoms with Gasteiger partial charge in [0.05, 0.1) is 12.8 Å². The number of esters is 1. The fourth-order valence-electron chi connectivity index (χ4n) is 2.56. The van der Waals surface area contributed by atoms with E-state index in [1.807, 2.05) is 30.5 Å². The van der Waals surface area contributed by atoms with E-state index in [2.05, 4.69) is 15.5 Å². The van der Waals surface area contributed by atoms with E-state index < -0.39 is 17.9 Å². The van der Waals surface area contributed by atoms with Gasteiger partial charge in [0.25, 0.3) is 5.91 Å². The number of nitrogens with zero attached hydrogens (tertiary/aromatic N) is 1. The zero-order valence-electron chi connectivity index (χ0n) is 13.3. The van der Waals surface area contributed by atoms with E-state index in [1.165, 1.54) is 13.2 Å². The fraction of sp³-hybridized carbons (Fsp3) is 0.235. The SMILES string of the molecule is COC(=O)[C@H](Cc1c[nH]c2ccccc12)NC(=O)c1cc(C)no1. The first kappa shape index (κ1) is 15.8. The first-order valence-corrected chi connectivity index (χ1v) is 7.45.